The summed E-state index contributed by atoms with van der Waals surface area (Å²) in [6.45, 7) is 7.68. The van der Waals surface area contributed by atoms with Gasteiger partial charge in [0, 0.05) is 36.1 Å². The molecule has 2 heterocycles. The smallest absolute Gasteiger partial charge is 0.165 e. The summed E-state index contributed by atoms with van der Waals surface area (Å²) < 4.78 is 6.17. The number of aliphatic hydroxyl groups is 1. The van der Waals surface area contributed by atoms with Crippen LogP contribution in [-0.4, -0.2) is 29.9 Å². The molecule has 0 amide bonds. The molecule has 5 nitrogen and oxygen atoms in total. The van der Waals surface area contributed by atoms with Crippen LogP contribution < -0.4 is 0 Å². The minimum absolute atomic E-state index is 0.0982. The number of hydrogen-bond donors (Lipinski definition) is 1. The number of nitrogens with zero attached hydrogens (tertiary/aromatic N) is 2. The summed E-state index contributed by atoms with van der Waals surface area (Å²) >= 11 is 0. The third-order valence-corrected chi connectivity index (χ3v) is 4.74. The van der Waals surface area contributed by atoms with Crippen molar-refractivity contribution in [2.24, 2.45) is 9.98 Å². The van der Waals surface area contributed by atoms with Gasteiger partial charge in [0.15, 0.2) is 5.78 Å². The molecule has 0 bridgehead atoms. The zero-order chi connectivity index (χ0) is 20.3. The Balaban J connectivity index is 2.16. The van der Waals surface area contributed by atoms with Gasteiger partial charge in [0.25, 0.3) is 0 Å². The Morgan fingerprint density at radius 3 is 2.82 bits per heavy atom. The molecule has 0 spiro atoms. The van der Waals surface area contributed by atoms with Crippen LogP contribution in [0.3, 0.4) is 0 Å². The van der Waals surface area contributed by atoms with Gasteiger partial charge in [-0.1, -0.05) is 12.1 Å². The second kappa shape index (κ2) is 8.21. The van der Waals surface area contributed by atoms with E-state index in [1.807, 2.05) is 33.0 Å². The van der Waals surface area contributed by atoms with Crippen LogP contribution in [0.5, 0.6) is 0 Å². The maximum absolute atomic E-state index is 11.8. The molecule has 1 aromatic carbocycles. The van der Waals surface area contributed by atoms with Crippen LogP contribution >= 0.6 is 0 Å². The van der Waals surface area contributed by atoms with E-state index in [1.54, 1.807) is 12.3 Å². The number of aliphatic hydroxyl groups excluding tert-OH is 1. The van der Waals surface area contributed by atoms with Gasteiger partial charge in [-0.3, -0.25) is 14.8 Å². The molecule has 1 aliphatic heterocycles. The molecule has 1 N–H and O–H groups in total. The predicted octanol–water partition coefficient (Wildman–Crippen LogP) is 5.32. The highest BCUT2D eigenvalue weighted by Gasteiger charge is 2.18. The van der Waals surface area contributed by atoms with Gasteiger partial charge < -0.3 is 9.52 Å². The average Bonchev–Trinajstić information content (AvgIpc) is 3.03. The van der Waals surface area contributed by atoms with Gasteiger partial charge in [-0.05, 0) is 63.0 Å². The number of ketones is 1. The first kappa shape index (κ1) is 19.5. The molecule has 0 saturated carbocycles. The first-order valence-corrected chi connectivity index (χ1v) is 9.25. The summed E-state index contributed by atoms with van der Waals surface area (Å²) in [5.74, 6) is 0.392. The quantitative estimate of drug-likeness (QED) is 0.737. The summed E-state index contributed by atoms with van der Waals surface area (Å²) in [5, 5.41) is 11.4. The molecule has 0 saturated heterocycles. The Kier molecular flexibility index (Phi) is 5.73. The molecule has 28 heavy (non-hydrogen) atoms. The largest absolute Gasteiger partial charge is 0.507 e. The van der Waals surface area contributed by atoms with Crippen LogP contribution in [0.4, 0.5) is 0 Å². The molecule has 0 aliphatic carbocycles. The van der Waals surface area contributed by atoms with Crippen molar-refractivity contribution in [3.05, 3.63) is 58.7 Å². The summed E-state index contributed by atoms with van der Waals surface area (Å²) in [4.78, 5) is 20.3. The van der Waals surface area contributed by atoms with E-state index in [4.69, 9.17) is 4.42 Å². The predicted molar refractivity (Wildman–Crippen MR) is 115 cm³/mol. The van der Waals surface area contributed by atoms with Crippen LogP contribution in [0.2, 0.25) is 0 Å². The Morgan fingerprint density at radius 1 is 1.32 bits per heavy atom. The number of carbonyl (C=O) groups excluding carboxylic acids is 1. The van der Waals surface area contributed by atoms with Crippen molar-refractivity contribution in [1.82, 2.24) is 0 Å². The molecule has 1 aromatic heterocycles. The number of allylic oxidation sites excluding steroid dienone is 4. The van der Waals surface area contributed by atoms with Gasteiger partial charge in [-0.2, -0.15) is 0 Å². The van der Waals surface area contributed by atoms with Crippen molar-refractivity contribution in [1.29, 1.82) is 0 Å². The van der Waals surface area contributed by atoms with Crippen molar-refractivity contribution in [3.8, 4) is 0 Å². The molecule has 0 radical (unpaired) electrons. The summed E-state index contributed by atoms with van der Waals surface area (Å²) in [7, 11) is 0. The molecular weight excluding hydrogens is 352 g/mol. The first-order chi connectivity index (χ1) is 13.4. The fourth-order valence-electron chi connectivity index (χ4n) is 3.24. The van der Waals surface area contributed by atoms with E-state index in [0.29, 0.717) is 18.7 Å². The number of Topliss-reactive ketones (excluding diaryl/α,β-unsaturated/α-hetero) is 1. The van der Waals surface area contributed by atoms with Crippen LogP contribution in [0.25, 0.3) is 22.1 Å². The standard InChI is InChI=1S/C23H24N2O3/c1-5-24-12-15(3)17-6-7-18-19-8-9-25-13-20(16(4)26)21(27)10-14(2)23(19)28-22(18)11-17/h5-7,10-13,27H,8-9H2,1-4H3/b14-10+,15-12+,21-20-,24-5?,25-13?. The van der Waals surface area contributed by atoms with Gasteiger partial charge >= 0.3 is 0 Å². The Labute approximate surface area is 164 Å². The van der Waals surface area contributed by atoms with E-state index in [0.717, 1.165) is 33.2 Å². The normalized spacial score (nSPS) is 20.3. The van der Waals surface area contributed by atoms with E-state index >= 15 is 0 Å². The SMILES string of the molecule is CC=N/C=C(\C)c1ccc2c3c(oc2c1)/C(C)=C/C(O)=C(/C(C)=O)C=NCC3. The number of fused-ring (bicyclic) bond motifs is 3. The topological polar surface area (TPSA) is 75.2 Å². The average molecular weight is 376 g/mol. The maximum atomic E-state index is 11.8. The van der Waals surface area contributed by atoms with Crippen molar-refractivity contribution >= 4 is 40.3 Å². The molecule has 2 aromatic rings. The van der Waals surface area contributed by atoms with Crippen molar-refractivity contribution < 1.29 is 14.3 Å². The highest BCUT2D eigenvalue weighted by Crippen LogP contribution is 2.34. The molecule has 5 heteroatoms. The number of furan rings is 1. The minimum Gasteiger partial charge on any atom is -0.507 e. The zero-order valence-electron chi connectivity index (χ0n) is 16.6. The molecule has 144 valence electrons. The lowest BCUT2D eigenvalue weighted by molar-refractivity contribution is -0.113. The van der Waals surface area contributed by atoms with Gasteiger partial charge in [-0.15, -0.1) is 0 Å². The lowest BCUT2D eigenvalue weighted by Crippen LogP contribution is -2.05. The Hall–Kier alpha value is -3.21. The van der Waals surface area contributed by atoms with Crippen LogP contribution in [0.1, 0.15) is 44.6 Å². The number of rotatable bonds is 3. The second-order valence-corrected chi connectivity index (χ2v) is 6.81. The lowest BCUT2D eigenvalue weighted by Gasteiger charge is -2.06. The number of carbonyl (C=O) groups is 1. The second-order valence-electron chi connectivity index (χ2n) is 6.81. The lowest BCUT2D eigenvalue weighted by atomic mass is 10.00. The third kappa shape index (κ3) is 3.88. The van der Waals surface area contributed by atoms with Gasteiger partial charge in [0.2, 0.25) is 0 Å². The number of hydrogen-bond acceptors (Lipinski definition) is 5. The molecule has 0 fully saturated rings. The van der Waals surface area contributed by atoms with Gasteiger partial charge in [-0.25, -0.2) is 0 Å². The van der Waals surface area contributed by atoms with Crippen LogP contribution in [0, 0.1) is 0 Å². The highest BCUT2D eigenvalue weighted by atomic mass is 16.3. The van der Waals surface area contributed by atoms with Crippen molar-refractivity contribution in [2.45, 2.75) is 34.1 Å². The fourth-order valence-corrected chi connectivity index (χ4v) is 3.24. The summed E-state index contributed by atoms with van der Waals surface area (Å²) in [6.07, 6.45) is 7.27. The van der Waals surface area contributed by atoms with E-state index in [2.05, 4.69) is 22.1 Å². The number of benzene rings is 1. The van der Waals surface area contributed by atoms with E-state index in [9.17, 15) is 9.90 Å². The Morgan fingerprint density at radius 2 is 2.11 bits per heavy atom. The summed E-state index contributed by atoms with van der Waals surface area (Å²) in [5.41, 5.74) is 4.89. The van der Waals surface area contributed by atoms with E-state index in [-0.39, 0.29) is 17.1 Å². The maximum Gasteiger partial charge on any atom is 0.165 e. The van der Waals surface area contributed by atoms with Crippen molar-refractivity contribution in [2.75, 3.05) is 6.54 Å². The third-order valence-electron chi connectivity index (χ3n) is 4.74. The fraction of sp³-hybridized carbons (Fsp3) is 0.261. The minimum atomic E-state index is -0.225. The molecular formula is C23H24N2O3. The van der Waals surface area contributed by atoms with Crippen LogP contribution in [0.15, 0.2) is 56.2 Å². The summed E-state index contributed by atoms with van der Waals surface area (Å²) in [6, 6.07) is 6.12. The first-order valence-electron chi connectivity index (χ1n) is 9.25. The van der Waals surface area contributed by atoms with E-state index < -0.39 is 0 Å². The molecule has 0 unspecified atom stereocenters. The monoisotopic (exact) mass is 376 g/mol. The zero-order valence-corrected chi connectivity index (χ0v) is 16.6. The van der Waals surface area contributed by atoms with E-state index in [1.165, 1.54) is 13.1 Å². The highest BCUT2D eigenvalue weighted by molar-refractivity contribution is 6.13. The Bertz CT molecular complexity index is 1080. The van der Waals surface area contributed by atoms with Crippen LogP contribution in [-0.2, 0) is 11.2 Å². The van der Waals surface area contributed by atoms with Crippen molar-refractivity contribution in [3.63, 3.8) is 0 Å². The van der Waals surface area contributed by atoms with Gasteiger partial charge in [0.05, 0.1) is 5.57 Å². The molecule has 3 rings (SSSR count). The molecule has 1 aliphatic rings. The van der Waals surface area contributed by atoms with Gasteiger partial charge in [0.1, 0.15) is 17.1 Å². The number of aliphatic imine (C=N–C) groups is 2. The molecule has 0 atom stereocenters.